The first-order chi connectivity index (χ1) is 9.29. The lowest BCUT2D eigenvalue weighted by atomic mass is 10.00. The number of alkyl halides is 3. The lowest BCUT2D eigenvalue weighted by Crippen LogP contribution is -2.36. The second-order valence-electron chi connectivity index (χ2n) is 5.12. The fraction of sp³-hybridized carbons (Fsp3) is 0.538. The minimum Gasteiger partial charge on any atom is -0.389 e. The van der Waals surface area contributed by atoms with Gasteiger partial charge in [0.05, 0.1) is 5.56 Å². The number of piperidine rings is 1. The Labute approximate surface area is 121 Å². The van der Waals surface area contributed by atoms with Crippen LogP contribution in [0.25, 0.3) is 0 Å². The van der Waals surface area contributed by atoms with Crippen LogP contribution >= 0.6 is 12.2 Å². The van der Waals surface area contributed by atoms with Crippen LogP contribution in [0.2, 0.25) is 0 Å². The molecule has 1 aromatic heterocycles. The second-order valence-corrected chi connectivity index (χ2v) is 5.56. The molecule has 20 heavy (non-hydrogen) atoms. The number of nitrogens with zero attached hydrogens (tertiary/aromatic N) is 2. The van der Waals surface area contributed by atoms with Gasteiger partial charge in [0, 0.05) is 13.1 Å². The second kappa shape index (κ2) is 5.55. The molecule has 0 bridgehead atoms. The maximum atomic E-state index is 12.8. The Morgan fingerprint density at radius 2 is 2.15 bits per heavy atom. The van der Waals surface area contributed by atoms with E-state index in [0.717, 1.165) is 18.9 Å². The van der Waals surface area contributed by atoms with E-state index in [1.165, 1.54) is 6.07 Å². The molecule has 0 aromatic carbocycles. The molecule has 2 rings (SSSR count). The highest BCUT2D eigenvalue weighted by molar-refractivity contribution is 7.80. The molecule has 1 aliphatic rings. The molecule has 1 aliphatic heterocycles. The summed E-state index contributed by atoms with van der Waals surface area (Å²) in [5.74, 6) is 0.665. The normalized spacial score (nSPS) is 20.0. The van der Waals surface area contributed by atoms with Crippen molar-refractivity contribution in [3.63, 3.8) is 0 Å². The molecule has 0 saturated carbocycles. The molecule has 1 unspecified atom stereocenters. The van der Waals surface area contributed by atoms with E-state index in [9.17, 15) is 13.2 Å². The summed E-state index contributed by atoms with van der Waals surface area (Å²) in [5.41, 5.74) is 5.09. The summed E-state index contributed by atoms with van der Waals surface area (Å²) in [6, 6.07) is 2.23. The van der Waals surface area contributed by atoms with Gasteiger partial charge in [0.25, 0.3) is 0 Å². The highest BCUT2D eigenvalue weighted by atomic mass is 32.1. The van der Waals surface area contributed by atoms with Crippen molar-refractivity contribution in [3.05, 3.63) is 23.4 Å². The van der Waals surface area contributed by atoms with E-state index < -0.39 is 11.9 Å². The number of hydrogen-bond donors (Lipinski definition) is 1. The third-order valence-electron chi connectivity index (χ3n) is 3.39. The largest absolute Gasteiger partial charge is 0.433 e. The first-order valence-corrected chi connectivity index (χ1v) is 6.83. The lowest BCUT2D eigenvalue weighted by molar-refractivity contribution is -0.141. The van der Waals surface area contributed by atoms with Crippen LogP contribution in [-0.4, -0.2) is 23.1 Å². The van der Waals surface area contributed by atoms with E-state index in [2.05, 4.69) is 11.9 Å². The number of nitrogens with two attached hydrogens (primary N) is 1. The highest BCUT2D eigenvalue weighted by Crippen LogP contribution is 2.32. The zero-order valence-corrected chi connectivity index (χ0v) is 11.9. The molecule has 0 amide bonds. The topological polar surface area (TPSA) is 42.2 Å². The molecule has 110 valence electrons. The maximum Gasteiger partial charge on any atom is 0.433 e. The van der Waals surface area contributed by atoms with E-state index in [1.54, 1.807) is 0 Å². The highest BCUT2D eigenvalue weighted by Gasteiger charge is 2.34. The van der Waals surface area contributed by atoms with Crippen molar-refractivity contribution >= 4 is 23.0 Å². The first kappa shape index (κ1) is 15.0. The van der Waals surface area contributed by atoms with Crippen LogP contribution in [0, 0.1) is 5.92 Å². The Morgan fingerprint density at radius 3 is 2.70 bits per heavy atom. The number of thiocarbonyl (C=S) groups is 1. The fourth-order valence-corrected chi connectivity index (χ4v) is 2.58. The van der Waals surface area contributed by atoms with E-state index in [4.69, 9.17) is 18.0 Å². The molecule has 1 fully saturated rings. The lowest BCUT2D eigenvalue weighted by Gasteiger charge is -2.33. The van der Waals surface area contributed by atoms with Crippen LogP contribution in [0.15, 0.2) is 12.1 Å². The summed E-state index contributed by atoms with van der Waals surface area (Å²) in [6.45, 7) is 3.42. The van der Waals surface area contributed by atoms with Crippen molar-refractivity contribution in [3.8, 4) is 0 Å². The molecule has 7 heteroatoms. The number of anilines is 1. The van der Waals surface area contributed by atoms with Crippen molar-refractivity contribution in [1.29, 1.82) is 0 Å². The molecule has 3 nitrogen and oxygen atoms in total. The Balaban J connectivity index is 2.44. The molecule has 0 aliphatic carbocycles. The van der Waals surface area contributed by atoms with Crippen LogP contribution in [-0.2, 0) is 6.18 Å². The Kier molecular flexibility index (Phi) is 4.17. The van der Waals surface area contributed by atoms with Gasteiger partial charge < -0.3 is 10.6 Å². The van der Waals surface area contributed by atoms with Gasteiger partial charge in [-0.2, -0.15) is 13.2 Å². The molecule has 1 atom stereocenters. The van der Waals surface area contributed by atoms with Gasteiger partial charge in [-0.25, -0.2) is 4.98 Å². The number of aromatic nitrogens is 1. The number of halogens is 3. The van der Waals surface area contributed by atoms with Crippen LogP contribution in [0.3, 0.4) is 0 Å². The summed E-state index contributed by atoms with van der Waals surface area (Å²) in [4.78, 5) is 5.67. The predicted molar refractivity (Wildman–Crippen MR) is 75.7 cm³/mol. The van der Waals surface area contributed by atoms with Crippen molar-refractivity contribution in [2.24, 2.45) is 11.7 Å². The van der Waals surface area contributed by atoms with Crippen molar-refractivity contribution in [2.45, 2.75) is 25.9 Å². The SMILES string of the molecule is CC1CCCN(c2nc(C(F)(F)F)ccc2C(N)=S)C1. The summed E-state index contributed by atoms with van der Waals surface area (Å²) >= 11 is 4.91. The van der Waals surface area contributed by atoms with Gasteiger partial charge in [0.15, 0.2) is 0 Å². The van der Waals surface area contributed by atoms with Crippen LogP contribution in [0.4, 0.5) is 19.0 Å². The Bertz CT molecular complexity index is 516. The smallest absolute Gasteiger partial charge is 0.389 e. The monoisotopic (exact) mass is 303 g/mol. The van der Waals surface area contributed by atoms with Gasteiger partial charge >= 0.3 is 6.18 Å². The van der Waals surface area contributed by atoms with Gasteiger partial charge in [-0.15, -0.1) is 0 Å². The van der Waals surface area contributed by atoms with E-state index in [-0.39, 0.29) is 10.8 Å². The van der Waals surface area contributed by atoms with Crippen molar-refractivity contribution < 1.29 is 13.2 Å². The standard InChI is InChI=1S/C13H16F3N3S/c1-8-3-2-6-19(7-8)12-9(11(17)20)4-5-10(18-12)13(14,15)16/h4-5,8H,2-3,6-7H2,1H3,(H2,17,20). The molecule has 0 radical (unpaired) electrons. The van der Waals surface area contributed by atoms with E-state index in [1.807, 2.05) is 4.90 Å². The molecule has 2 heterocycles. The zero-order valence-electron chi connectivity index (χ0n) is 11.1. The fourth-order valence-electron chi connectivity index (χ4n) is 2.42. The molecule has 1 aromatic rings. The average molecular weight is 303 g/mol. The van der Waals surface area contributed by atoms with Crippen LogP contribution < -0.4 is 10.6 Å². The number of pyridine rings is 1. The zero-order chi connectivity index (χ0) is 14.9. The number of hydrogen-bond acceptors (Lipinski definition) is 3. The third-order valence-corrected chi connectivity index (χ3v) is 3.61. The molecular weight excluding hydrogens is 287 g/mol. The number of rotatable bonds is 2. The molecular formula is C13H16F3N3S. The first-order valence-electron chi connectivity index (χ1n) is 6.42. The predicted octanol–water partition coefficient (Wildman–Crippen LogP) is 2.97. The van der Waals surface area contributed by atoms with E-state index >= 15 is 0 Å². The van der Waals surface area contributed by atoms with Gasteiger partial charge in [0.2, 0.25) is 0 Å². The Hall–Kier alpha value is -1.37. The maximum absolute atomic E-state index is 12.8. The van der Waals surface area contributed by atoms with Crippen LogP contribution in [0.5, 0.6) is 0 Å². The minimum atomic E-state index is -4.47. The third kappa shape index (κ3) is 3.20. The minimum absolute atomic E-state index is 0.0689. The van der Waals surface area contributed by atoms with E-state index in [0.29, 0.717) is 24.6 Å². The summed E-state index contributed by atoms with van der Waals surface area (Å²) in [6.07, 6.45) is -2.47. The summed E-state index contributed by atoms with van der Waals surface area (Å²) < 4.78 is 38.4. The average Bonchev–Trinajstić information content (AvgIpc) is 2.37. The van der Waals surface area contributed by atoms with Crippen LogP contribution in [0.1, 0.15) is 31.0 Å². The molecule has 1 saturated heterocycles. The summed E-state index contributed by atoms with van der Waals surface area (Å²) in [5, 5.41) is 0. The van der Waals surface area contributed by atoms with Gasteiger partial charge in [0.1, 0.15) is 16.5 Å². The van der Waals surface area contributed by atoms with Gasteiger partial charge in [-0.05, 0) is 30.9 Å². The molecule has 0 spiro atoms. The summed E-state index contributed by atoms with van der Waals surface area (Å²) in [7, 11) is 0. The van der Waals surface area contributed by atoms with Gasteiger partial charge in [-0.3, -0.25) is 0 Å². The quantitative estimate of drug-likeness (QED) is 0.853. The van der Waals surface area contributed by atoms with Crippen molar-refractivity contribution in [2.75, 3.05) is 18.0 Å². The van der Waals surface area contributed by atoms with Gasteiger partial charge in [-0.1, -0.05) is 19.1 Å². The van der Waals surface area contributed by atoms with Crippen molar-refractivity contribution in [1.82, 2.24) is 4.98 Å². The Morgan fingerprint density at radius 1 is 1.45 bits per heavy atom. The molecule has 2 N–H and O–H groups in total.